The van der Waals surface area contributed by atoms with Gasteiger partial charge in [0.05, 0.1) is 10.6 Å². The quantitative estimate of drug-likeness (QED) is 0.737. The molecule has 0 aliphatic heterocycles. The topological polar surface area (TPSA) is 37.8 Å². The van der Waals surface area contributed by atoms with Crippen molar-refractivity contribution in [2.45, 2.75) is 25.3 Å². The maximum atomic E-state index is 4.13. The first-order valence-electron chi connectivity index (χ1n) is 3.87. The number of hydrogen-bond donors (Lipinski definition) is 1. The van der Waals surface area contributed by atoms with Gasteiger partial charge in [0, 0.05) is 12.5 Å². The Morgan fingerprint density at radius 3 is 3.09 bits per heavy atom. The molecule has 60 valence electrons. The van der Waals surface area contributed by atoms with Crippen molar-refractivity contribution >= 4 is 11.5 Å². The molecule has 0 spiro atoms. The second-order valence-corrected chi connectivity index (χ2v) is 3.72. The predicted molar refractivity (Wildman–Crippen MR) is 44.6 cm³/mol. The number of rotatable bonds is 3. The second-order valence-electron chi connectivity index (χ2n) is 2.89. The van der Waals surface area contributed by atoms with Crippen molar-refractivity contribution < 1.29 is 0 Å². The molecule has 1 aromatic heterocycles. The minimum atomic E-state index is 0.733. The maximum absolute atomic E-state index is 4.13. The molecule has 1 aliphatic carbocycles. The van der Waals surface area contributed by atoms with Crippen LogP contribution in [0.25, 0.3) is 0 Å². The summed E-state index contributed by atoms with van der Waals surface area (Å²) < 4.78 is 3.95. The fourth-order valence-corrected chi connectivity index (χ4v) is 1.90. The van der Waals surface area contributed by atoms with Crippen LogP contribution in [0.5, 0.6) is 0 Å². The van der Waals surface area contributed by atoms with Crippen LogP contribution < -0.4 is 5.32 Å². The summed E-state index contributed by atoms with van der Waals surface area (Å²) >= 11 is 1.52. The Labute approximate surface area is 70.0 Å². The third kappa shape index (κ3) is 1.41. The molecule has 0 bridgehead atoms. The fourth-order valence-electron chi connectivity index (χ4n) is 1.17. The second kappa shape index (κ2) is 2.87. The van der Waals surface area contributed by atoms with E-state index < -0.39 is 0 Å². The van der Waals surface area contributed by atoms with E-state index in [4.69, 9.17) is 0 Å². The van der Waals surface area contributed by atoms with Crippen LogP contribution in [-0.2, 0) is 6.54 Å². The highest BCUT2D eigenvalue weighted by molar-refractivity contribution is 7.05. The minimum Gasteiger partial charge on any atom is -0.315 e. The third-order valence-electron chi connectivity index (χ3n) is 1.89. The molecule has 4 heteroatoms. The molecule has 0 radical (unpaired) electrons. The molecule has 0 saturated heterocycles. The summed E-state index contributed by atoms with van der Waals surface area (Å²) in [4.78, 5) is 1.31. The fraction of sp³-hybridized carbons (Fsp3) is 0.714. The lowest BCUT2D eigenvalue weighted by molar-refractivity contribution is 0.810. The van der Waals surface area contributed by atoms with Gasteiger partial charge in [-0.05, 0) is 31.4 Å². The van der Waals surface area contributed by atoms with Gasteiger partial charge in [-0.2, -0.15) is 0 Å². The molecule has 1 heterocycles. The summed E-state index contributed by atoms with van der Waals surface area (Å²) in [5.74, 6) is 0.733. The van der Waals surface area contributed by atoms with Crippen molar-refractivity contribution in [3.05, 3.63) is 10.6 Å². The molecule has 0 atom stereocenters. The van der Waals surface area contributed by atoms with Gasteiger partial charge in [-0.15, -0.1) is 5.10 Å². The minimum absolute atomic E-state index is 0.733. The van der Waals surface area contributed by atoms with E-state index in [2.05, 4.69) is 14.9 Å². The molecule has 1 aliphatic rings. The number of nitrogens with zero attached hydrogens (tertiary/aromatic N) is 2. The highest BCUT2D eigenvalue weighted by Crippen LogP contribution is 2.41. The van der Waals surface area contributed by atoms with Crippen LogP contribution in [0.15, 0.2) is 0 Å². The summed E-state index contributed by atoms with van der Waals surface area (Å²) in [5, 5.41) is 7.25. The van der Waals surface area contributed by atoms with Gasteiger partial charge in [0.15, 0.2) is 0 Å². The number of hydrogen-bond acceptors (Lipinski definition) is 4. The van der Waals surface area contributed by atoms with Crippen LogP contribution in [0.2, 0.25) is 0 Å². The Kier molecular flexibility index (Phi) is 1.87. The highest BCUT2D eigenvalue weighted by Gasteiger charge is 2.28. The highest BCUT2D eigenvalue weighted by atomic mass is 32.1. The molecule has 0 aromatic carbocycles. The average molecular weight is 169 g/mol. The van der Waals surface area contributed by atoms with Crippen molar-refractivity contribution in [3.8, 4) is 0 Å². The van der Waals surface area contributed by atoms with E-state index in [-0.39, 0.29) is 0 Å². The molecule has 0 unspecified atom stereocenters. The van der Waals surface area contributed by atoms with E-state index in [1.54, 1.807) is 0 Å². The first kappa shape index (κ1) is 7.18. The van der Waals surface area contributed by atoms with Crippen LogP contribution >= 0.6 is 11.5 Å². The first-order chi connectivity index (χ1) is 5.42. The number of nitrogens with one attached hydrogen (secondary N) is 1. The van der Waals surface area contributed by atoms with Crippen molar-refractivity contribution in [1.82, 2.24) is 14.9 Å². The first-order valence-corrected chi connectivity index (χ1v) is 4.65. The molecule has 11 heavy (non-hydrogen) atoms. The molecule has 0 amide bonds. The third-order valence-corrected chi connectivity index (χ3v) is 2.62. The molecular formula is C7H11N3S. The largest absolute Gasteiger partial charge is 0.315 e. The Balaban J connectivity index is 2.16. The van der Waals surface area contributed by atoms with Gasteiger partial charge < -0.3 is 5.32 Å². The monoisotopic (exact) mass is 169 g/mol. The van der Waals surface area contributed by atoms with E-state index in [1.165, 1.54) is 34.9 Å². The Hall–Kier alpha value is -0.480. The zero-order valence-electron chi connectivity index (χ0n) is 6.50. The standard InChI is InChI=1S/C7H11N3S/c1-8-4-6-7(5-2-3-5)9-10-11-6/h5,8H,2-4H2,1H3. The summed E-state index contributed by atoms with van der Waals surface area (Å²) in [6.45, 7) is 0.920. The molecule has 1 aromatic rings. The van der Waals surface area contributed by atoms with Gasteiger partial charge in [0.2, 0.25) is 0 Å². The van der Waals surface area contributed by atoms with Crippen LogP contribution in [0.3, 0.4) is 0 Å². The van der Waals surface area contributed by atoms with Crippen molar-refractivity contribution in [1.29, 1.82) is 0 Å². The smallest absolute Gasteiger partial charge is 0.0831 e. The van der Waals surface area contributed by atoms with Crippen LogP contribution in [0.4, 0.5) is 0 Å². The summed E-state index contributed by atoms with van der Waals surface area (Å²) in [6.07, 6.45) is 2.62. The van der Waals surface area contributed by atoms with Gasteiger partial charge in [0.25, 0.3) is 0 Å². The van der Waals surface area contributed by atoms with Gasteiger partial charge in [-0.3, -0.25) is 0 Å². The predicted octanol–water partition coefficient (Wildman–Crippen LogP) is 1.13. The molecule has 3 nitrogen and oxygen atoms in total. The summed E-state index contributed by atoms with van der Waals surface area (Å²) in [6, 6.07) is 0. The van der Waals surface area contributed by atoms with Crippen molar-refractivity contribution in [3.63, 3.8) is 0 Å². The summed E-state index contributed by atoms with van der Waals surface area (Å²) in [7, 11) is 1.95. The zero-order valence-corrected chi connectivity index (χ0v) is 7.32. The Morgan fingerprint density at radius 2 is 2.45 bits per heavy atom. The van der Waals surface area contributed by atoms with E-state index >= 15 is 0 Å². The van der Waals surface area contributed by atoms with E-state index in [1.807, 2.05) is 7.05 Å². The lowest BCUT2D eigenvalue weighted by atomic mass is 10.2. The molecule has 1 N–H and O–H groups in total. The van der Waals surface area contributed by atoms with Gasteiger partial charge >= 0.3 is 0 Å². The molecule has 1 saturated carbocycles. The molecule has 2 rings (SSSR count). The van der Waals surface area contributed by atoms with Crippen LogP contribution in [0, 0.1) is 0 Å². The lowest BCUT2D eigenvalue weighted by Crippen LogP contribution is -2.05. The average Bonchev–Trinajstić information content (AvgIpc) is 2.75. The maximum Gasteiger partial charge on any atom is 0.0831 e. The van der Waals surface area contributed by atoms with Gasteiger partial charge in [-0.25, -0.2) is 0 Å². The van der Waals surface area contributed by atoms with Crippen molar-refractivity contribution in [2.75, 3.05) is 7.05 Å². The normalized spacial score (nSPS) is 17.2. The zero-order chi connectivity index (χ0) is 7.68. The van der Waals surface area contributed by atoms with E-state index in [0.29, 0.717) is 0 Å². The van der Waals surface area contributed by atoms with Gasteiger partial charge in [-0.1, -0.05) is 4.49 Å². The van der Waals surface area contributed by atoms with E-state index in [0.717, 1.165) is 12.5 Å². The van der Waals surface area contributed by atoms with Crippen LogP contribution in [-0.4, -0.2) is 16.6 Å². The SMILES string of the molecule is CNCc1snnc1C1CC1. The van der Waals surface area contributed by atoms with Gasteiger partial charge in [0.1, 0.15) is 0 Å². The number of aromatic nitrogens is 2. The summed E-state index contributed by atoms with van der Waals surface area (Å²) in [5.41, 5.74) is 1.24. The Morgan fingerprint density at radius 1 is 1.64 bits per heavy atom. The lowest BCUT2D eigenvalue weighted by Gasteiger charge is -1.95. The molecule has 1 fully saturated rings. The Bertz CT molecular complexity index is 242. The van der Waals surface area contributed by atoms with E-state index in [9.17, 15) is 0 Å². The van der Waals surface area contributed by atoms with Crippen molar-refractivity contribution in [2.24, 2.45) is 0 Å². The molecular weight excluding hydrogens is 158 g/mol. The van der Waals surface area contributed by atoms with Crippen LogP contribution in [0.1, 0.15) is 29.3 Å².